The lowest BCUT2D eigenvalue weighted by atomic mass is 10.1. The van der Waals surface area contributed by atoms with Gasteiger partial charge < -0.3 is 5.32 Å². The lowest BCUT2D eigenvalue weighted by molar-refractivity contribution is 0.580. The number of benzene rings is 1. The summed E-state index contributed by atoms with van der Waals surface area (Å²) < 4.78 is 13.5. The minimum absolute atomic E-state index is 0.305. The Kier molecular flexibility index (Phi) is 6.68. The van der Waals surface area contributed by atoms with Crippen molar-refractivity contribution in [1.29, 1.82) is 5.26 Å². The maximum atomic E-state index is 13.5. The number of hydrogen-bond donors (Lipinski definition) is 1. The Morgan fingerprint density at radius 1 is 1.41 bits per heavy atom. The van der Waals surface area contributed by atoms with Crippen molar-refractivity contribution >= 4 is 11.8 Å². The molecule has 0 saturated heterocycles. The molecule has 0 fully saturated rings. The molecule has 0 spiro atoms. The molecule has 0 atom stereocenters. The van der Waals surface area contributed by atoms with Gasteiger partial charge in [0.2, 0.25) is 0 Å². The predicted molar refractivity (Wildman–Crippen MR) is 70.4 cm³/mol. The topological polar surface area (TPSA) is 35.8 Å². The van der Waals surface area contributed by atoms with E-state index in [0.717, 1.165) is 13.0 Å². The summed E-state index contributed by atoms with van der Waals surface area (Å²) >= 11 is 1.84. The summed E-state index contributed by atoms with van der Waals surface area (Å²) in [6.45, 7) is 1.43. The van der Waals surface area contributed by atoms with Gasteiger partial charge in [-0.15, -0.1) is 0 Å². The number of nitrogens with one attached hydrogen (secondary N) is 1. The lowest BCUT2D eigenvalue weighted by Gasteiger charge is -2.06. The minimum atomic E-state index is -0.305. The van der Waals surface area contributed by atoms with Crippen LogP contribution in [-0.2, 0) is 6.54 Å². The average Bonchev–Trinajstić information content (AvgIpc) is 2.35. The fourth-order valence-corrected chi connectivity index (χ4v) is 1.97. The van der Waals surface area contributed by atoms with Gasteiger partial charge in [-0.2, -0.15) is 17.0 Å². The molecule has 2 nitrogen and oxygen atoms in total. The molecule has 0 saturated carbocycles. The molecule has 92 valence electrons. The van der Waals surface area contributed by atoms with Crippen molar-refractivity contribution in [1.82, 2.24) is 5.32 Å². The maximum Gasteiger partial charge on any atom is 0.129 e. The van der Waals surface area contributed by atoms with E-state index in [1.54, 1.807) is 12.1 Å². The summed E-state index contributed by atoms with van der Waals surface area (Å²) in [7, 11) is 0. The van der Waals surface area contributed by atoms with Gasteiger partial charge in [0.05, 0.1) is 11.6 Å². The van der Waals surface area contributed by atoms with Crippen LogP contribution in [0.4, 0.5) is 4.39 Å². The monoisotopic (exact) mass is 252 g/mol. The van der Waals surface area contributed by atoms with Gasteiger partial charge >= 0.3 is 0 Å². The molecule has 0 unspecified atom stereocenters. The highest BCUT2D eigenvalue weighted by Gasteiger charge is 2.02. The van der Waals surface area contributed by atoms with E-state index in [9.17, 15) is 4.39 Å². The third kappa shape index (κ3) is 5.20. The van der Waals surface area contributed by atoms with Crippen LogP contribution in [0.5, 0.6) is 0 Å². The molecule has 0 bridgehead atoms. The lowest BCUT2D eigenvalue weighted by Crippen LogP contribution is -2.15. The molecule has 0 heterocycles. The van der Waals surface area contributed by atoms with Gasteiger partial charge in [0.1, 0.15) is 5.82 Å². The van der Waals surface area contributed by atoms with Crippen molar-refractivity contribution in [2.75, 3.05) is 18.6 Å². The number of rotatable bonds is 7. The van der Waals surface area contributed by atoms with Crippen molar-refractivity contribution in [3.63, 3.8) is 0 Å². The molecule has 1 aromatic rings. The van der Waals surface area contributed by atoms with Gasteiger partial charge in [0, 0.05) is 12.1 Å². The van der Waals surface area contributed by atoms with Crippen molar-refractivity contribution in [2.45, 2.75) is 19.4 Å². The number of unbranched alkanes of at least 4 members (excludes halogenated alkanes) is 1. The highest BCUT2D eigenvalue weighted by atomic mass is 32.2. The molecule has 0 aliphatic carbocycles. The van der Waals surface area contributed by atoms with Crippen LogP contribution in [0.3, 0.4) is 0 Å². The molecule has 1 N–H and O–H groups in total. The Balaban J connectivity index is 2.30. The van der Waals surface area contributed by atoms with E-state index in [-0.39, 0.29) is 5.82 Å². The van der Waals surface area contributed by atoms with Gasteiger partial charge in [-0.3, -0.25) is 0 Å². The fourth-order valence-electron chi connectivity index (χ4n) is 1.48. The molecule has 4 heteroatoms. The molecular formula is C13H17FN2S. The summed E-state index contributed by atoms with van der Waals surface area (Å²) in [5, 5.41) is 11.8. The quantitative estimate of drug-likeness (QED) is 0.758. The Bertz CT molecular complexity index is 387. The molecule has 0 aromatic heterocycles. The Morgan fingerprint density at radius 2 is 2.24 bits per heavy atom. The normalized spacial score (nSPS) is 10.2. The Labute approximate surface area is 106 Å². The molecule has 0 aliphatic rings. The SMILES string of the molecule is CSCCCCNCc1ccc(C#N)cc1F. The second-order valence-corrected chi connectivity index (χ2v) is 4.78. The number of hydrogen-bond acceptors (Lipinski definition) is 3. The first-order valence-electron chi connectivity index (χ1n) is 5.66. The first kappa shape index (κ1) is 14.0. The first-order valence-corrected chi connectivity index (χ1v) is 7.05. The van der Waals surface area contributed by atoms with E-state index in [2.05, 4.69) is 11.6 Å². The summed E-state index contributed by atoms with van der Waals surface area (Å²) in [6.07, 6.45) is 4.39. The smallest absolute Gasteiger partial charge is 0.129 e. The molecule has 17 heavy (non-hydrogen) atoms. The van der Waals surface area contributed by atoms with Gasteiger partial charge in [0.25, 0.3) is 0 Å². The van der Waals surface area contributed by atoms with Crippen molar-refractivity contribution in [2.24, 2.45) is 0 Å². The zero-order valence-corrected chi connectivity index (χ0v) is 10.8. The highest BCUT2D eigenvalue weighted by Crippen LogP contribution is 2.09. The van der Waals surface area contributed by atoms with Crippen LogP contribution in [0.25, 0.3) is 0 Å². The minimum Gasteiger partial charge on any atom is -0.313 e. The predicted octanol–water partition coefficient (Wildman–Crippen LogP) is 2.93. The third-order valence-corrected chi connectivity index (χ3v) is 3.15. The van der Waals surface area contributed by atoms with E-state index in [0.29, 0.717) is 17.7 Å². The Hall–Kier alpha value is -1.05. The van der Waals surface area contributed by atoms with Crippen molar-refractivity contribution in [3.8, 4) is 6.07 Å². The van der Waals surface area contributed by atoms with E-state index < -0.39 is 0 Å². The highest BCUT2D eigenvalue weighted by molar-refractivity contribution is 7.98. The van der Waals surface area contributed by atoms with Gasteiger partial charge in [-0.1, -0.05) is 6.07 Å². The second kappa shape index (κ2) is 8.10. The van der Waals surface area contributed by atoms with Crippen LogP contribution < -0.4 is 5.32 Å². The zero-order valence-electron chi connectivity index (χ0n) is 10.0. The molecule has 0 radical (unpaired) electrons. The van der Waals surface area contributed by atoms with Gasteiger partial charge in [-0.25, -0.2) is 4.39 Å². The molecule has 1 aromatic carbocycles. The summed E-state index contributed by atoms with van der Waals surface area (Å²) in [5.41, 5.74) is 0.986. The Morgan fingerprint density at radius 3 is 2.88 bits per heavy atom. The van der Waals surface area contributed by atoms with Crippen LogP contribution in [-0.4, -0.2) is 18.6 Å². The van der Waals surface area contributed by atoms with Crippen LogP contribution in [0.15, 0.2) is 18.2 Å². The van der Waals surface area contributed by atoms with E-state index in [1.807, 2.05) is 17.8 Å². The average molecular weight is 252 g/mol. The van der Waals surface area contributed by atoms with Crippen LogP contribution in [0.2, 0.25) is 0 Å². The van der Waals surface area contributed by atoms with E-state index in [1.165, 1.54) is 18.2 Å². The van der Waals surface area contributed by atoms with E-state index >= 15 is 0 Å². The number of nitriles is 1. The number of nitrogens with zero attached hydrogens (tertiary/aromatic N) is 1. The largest absolute Gasteiger partial charge is 0.313 e. The van der Waals surface area contributed by atoms with Crippen LogP contribution in [0, 0.1) is 17.1 Å². The van der Waals surface area contributed by atoms with Crippen molar-refractivity contribution < 1.29 is 4.39 Å². The van der Waals surface area contributed by atoms with E-state index in [4.69, 9.17) is 5.26 Å². The molecule has 0 amide bonds. The first-order chi connectivity index (χ1) is 8.27. The summed E-state index contributed by atoms with van der Waals surface area (Å²) in [4.78, 5) is 0. The van der Waals surface area contributed by atoms with Gasteiger partial charge in [0.15, 0.2) is 0 Å². The molecule has 0 aliphatic heterocycles. The summed E-state index contributed by atoms with van der Waals surface area (Å²) in [6, 6.07) is 6.52. The molecule has 1 rings (SSSR count). The second-order valence-electron chi connectivity index (χ2n) is 3.79. The fraction of sp³-hybridized carbons (Fsp3) is 0.462. The summed E-state index contributed by atoms with van der Waals surface area (Å²) in [5.74, 6) is 0.869. The van der Waals surface area contributed by atoms with Gasteiger partial charge in [-0.05, 0) is 43.5 Å². The zero-order chi connectivity index (χ0) is 12.5. The molecular weight excluding hydrogens is 235 g/mol. The standard InChI is InChI=1S/C13H17FN2S/c1-17-7-3-2-6-16-10-12-5-4-11(9-15)8-13(12)14/h4-5,8,16H,2-3,6-7,10H2,1H3. The third-order valence-electron chi connectivity index (χ3n) is 2.45. The van der Waals surface area contributed by atoms with Crippen molar-refractivity contribution in [3.05, 3.63) is 35.1 Å². The number of thioether (sulfide) groups is 1. The number of halogens is 1. The maximum absolute atomic E-state index is 13.5. The van der Waals surface area contributed by atoms with Crippen LogP contribution in [0.1, 0.15) is 24.0 Å². The van der Waals surface area contributed by atoms with Crippen LogP contribution >= 0.6 is 11.8 Å².